The summed E-state index contributed by atoms with van der Waals surface area (Å²) >= 11 is 0. The Morgan fingerprint density at radius 3 is 2.79 bits per heavy atom. The molecule has 1 aromatic rings. The zero-order chi connectivity index (χ0) is 17.5. The second-order valence-electron chi connectivity index (χ2n) is 6.58. The highest BCUT2D eigenvalue weighted by atomic mass is 16.5. The molecule has 2 N–H and O–H groups in total. The van der Waals surface area contributed by atoms with E-state index in [9.17, 15) is 14.4 Å². The molecular formula is C15H21N5O4. The maximum Gasteiger partial charge on any atom is 0.325 e. The van der Waals surface area contributed by atoms with Crippen LogP contribution in [0.4, 0.5) is 4.79 Å². The van der Waals surface area contributed by atoms with Gasteiger partial charge >= 0.3 is 6.03 Å². The predicted octanol–water partition coefficient (Wildman–Crippen LogP) is -0.0516. The quantitative estimate of drug-likeness (QED) is 0.753. The van der Waals surface area contributed by atoms with Crippen molar-refractivity contribution in [2.45, 2.75) is 32.4 Å². The number of imidazole rings is 1. The first-order chi connectivity index (χ1) is 11.3. The minimum atomic E-state index is -0.986. The Balaban J connectivity index is 1.75. The van der Waals surface area contributed by atoms with Gasteiger partial charge in [0.05, 0.1) is 13.2 Å². The maximum atomic E-state index is 12.7. The van der Waals surface area contributed by atoms with E-state index in [0.717, 1.165) is 10.6 Å². The Kier molecular flexibility index (Phi) is 4.04. The minimum Gasteiger partial charge on any atom is -0.377 e. The number of rotatable bonds is 3. The summed E-state index contributed by atoms with van der Waals surface area (Å²) in [6.45, 7) is 5.93. The van der Waals surface area contributed by atoms with Crippen molar-refractivity contribution < 1.29 is 19.1 Å². The van der Waals surface area contributed by atoms with Crippen LogP contribution in [0, 0.1) is 6.92 Å². The molecule has 3 rings (SSSR count). The van der Waals surface area contributed by atoms with Crippen LogP contribution in [0.3, 0.4) is 0 Å². The van der Waals surface area contributed by atoms with Gasteiger partial charge in [-0.2, -0.15) is 0 Å². The number of aryl methyl sites for hydroxylation is 1. The lowest BCUT2D eigenvalue weighted by molar-refractivity contribution is -0.144. The first-order valence-electron chi connectivity index (χ1n) is 7.82. The van der Waals surface area contributed by atoms with Gasteiger partial charge in [0.1, 0.15) is 23.9 Å². The third kappa shape index (κ3) is 2.86. The van der Waals surface area contributed by atoms with Crippen LogP contribution in [-0.4, -0.2) is 69.5 Å². The van der Waals surface area contributed by atoms with Crippen molar-refractivity contribution in [2.75, 3.05) is 26.3 Å². The molecular weight excluding hydrogens is 314 g/mol. The predicted molar refractivity (Wildman–Crippen MR) is 82.9 cm³/mol. The van der Waals surface area contributed by atoms with Crippen LogP contribution in [0.2, 0.25) is 0 Å². The van der Waals surface area contributed by atoms with Gasteiger partial charge in [-0.15, -0.1) is 0 Å². The molecule has 2 saturated heterocycles. The molecule has 0 spiro atoms. The molecule has 0 aromatic carbocycles. The molecule has 0 radical (unpaired) electrons. The first kappa shape index (κ1) is 16.4. The van der Waals surface area contributed by atoms with Crippen LogP contribution in [0.15, 0.2) is 6.20 Å². The summed E-state index contributed by atoms with van der Waals surface area (Å²) in [6.07, 6.45) is 1.69. The summed E-state index contributed by atoms with van der Waals surface area (Å²) in [5, 5.41) is 2.57. The Bertz CT molecular complexity index is 683. The van der Waals surface area contributed by atoms with Crippen molar-refractivity contribution in [3.63, 3.8) is 0 Å². The lowest BCUT2D eigenvalue weighted by Gasteiger charge is -2.35. The van der Waals surface area contributed by atoms with E-state index in [0.29, 0.717) is 25.6 Å². The molecule has 2 aliphatic rings. The Labute approximate surface area is 139 Å². The molecule has 24 heavy (non-hydrogen) atoms. The summed E-state index contributed by atoms with van der Waals surface area (Å²) in [6, 6.07) is -0.897. The number of hydrogen-bond acceptors (Lipinski definition) is 5. The molecule has 1 aromatic heterocycles. The third-order valence-corrected chi connectivity index (χ3v) is 4.22. The molecule has 9 nitrogen and oxygen atoms in total. The number of aromatic nitrogens is 2. The van der Waals surface area contributed by atoms with Crippen LogP contribution < -0.4 is 5.32 Å². The van der Waals surface area contributed by atoms with Gasteiger partial charge in [-0.3, -0.25) is 14.5 Å². The highest BCUT2D eigenvalue weighted by Crippen LogP contribution is 2.23. The number of morpholine rings is 1. The molecule has 9 heteroatoms. The van der Waals surface area contributed by atoms with E-state index in [4.69, 9.17) is 4.74 Å². The van der Waals surface area contributed by atoms with Crippen molar-refractivity contribution >= 4 is 17.8 Å². The zero-order valence-electron chi connectivity index (χ0n) is 14.0. The largest absolute Gasteiger partial charge is 0.377 e. The van der Waals surface area contributed by atoms with Crippen molar-refractivity contribution in [1.29, 1.82) is 0 Å². The van der Waals surface area contributed by atoms with Crippen molar-refractivity contribution in [1.82, 2.24) is 25.1 Å². The topological polar surface area (TPSA) is 108 Å². The smallest absolute Gasteiger partial charge is 0.325 e. The summed E-state index contributed by atoms with van der Waals surface area (Å²) in [5.41, 5.74) is -0.0984. The number of urea groups is 1. The number of carbonyl (C=O) groups excluding carboxylic acids is 3. The number of nitrogens with one attached hydrogen (secondary N) is 2. The fourth-order valence-corrected chi connectivity index (χ4v) is 2.92. The second kappa shape index (κ2) is 5.90. The van der Waals surface area contributed by atoms with Crippen molar-refractivity contribution in [2.24, 2.45) is 0 Å². The van der Waals surface area contributed by atoms with E-state index in [-0.39, 0.29) is 18.5 Å². The van der Waals surface area contributed by atoms with E-state index in [1.54, 1.807) is 24.9 Å². The zero-order valence-corrected chi connectivity index (χ0v) is 14.0. The van der Waals surface area contributed by atoms with Crippen LogP contribution in [0.25, 0.3) is 0 Å². The normalized spacial score (nSPS) is 23.5. The number of H-pyrrole nitrogens is 1. The number of carbonyl (C=O) groups is 3. The van der Waals surface area contributed by atoms with Gasteiger partial charge in [0.2, 0.25) is 5.91 Å². The van der Waals surface area contributed by atoms with Gasteiger partial charge in [0, 0.05) is 18.4 Å². The molecule has 2 aliphatic heterocycles. The fraction of sp³-hybridized carbons (Fsp3) is 0.600. The summed E-state index contributed by atoms with van der Waals surface area (Å²) in [4.78, 5) is 46.8. The van der Waals surface area contributed by atoms with Gasteiger partial charge in [0.25, 0.3) is 5.91 Å². The number of nitrogens with zero attached hydrogens (tertiary/aromatic N) is 3. The first-order valence-corrected chi connectivity index (χ1v) is 7.82. The SMILES string of the molecule is Cc1cnc([C@@H]2COCCN2C(=O)CN2C(=O)NC(C)(C)C2=O)[nH]1. The monoisotopic (exact) mass is 335 g/mol. The van der Waals surface area contributed by atoms with Crippen LogP contribution in [0.5, 0.6) is 0 Å². The van der Waals surface area contributed by atoms with E-state index in [2.05, 4.69) is 15.3 Å². The molecule has 1 atom stereocenters. The molecule has 0 aliphatic carbocycles. The molecule has 3 heterocycles. The summed E-state index contributed by atoms with van der Waals surface area (Å²) < 4.78 is 5.46. The number of hydrogen-bond donors (Lipinski definition) is 2. The van der Waals surface area contributed by atoms with Crippen molar-refractivity contribution in [3.05, 3.63) is 17.7 Å². The molecule has 4 amide bonds. The number of amides is 4. The van der Waals surface area contributed by atoms with Crippen molar-refractivity contribution in [3.8, 4) is 0 Å². The average molecular weight is 335 g/mol. The lowest BCUT2D eigenvalue weighted by atomic mass is 10.1. The average Bonchev–Trinajstić information content (AvgIpc) is 3.04. The minimum absolute atomic E-state index is 0.287. The number of ether oxygens (including phenoxy) is 1. The molecule has 2 fully saturated rings. The molecule has 130 valence electrons. The summed E-state index contributed by atoms with van der Waals surface area (Å²) in [7, 11) is 0. The van der Waals surface area contributed by atoms with E-state index >= 15 is 0 Å². The highest BCUT2D eigenvalue weighted by molar-refractivity contribution is 6.08. The Hall–Kier alpha value is -2.42. The fourth-order valence-electron chi connectivity index (χ4n) is 2.92. The molecule has 0 saturated carbocycles. The van der Waals surface area contributed by atoms with E-state index in [1.165, 1.54) is 0 Å². The maximum absolute atomic E-state index is 12.7. The number of aromatic amines is 1. The third-order valence-electron chi connectivity index (χ3n) is 4.22. The van der Waals surface area contributed by atoms with Gasteiger partial charge < -0.3 is 19.9 Å². The summed E-state index contributed by atoms with van der Waals surface area (Å²) in [5.74, 6) is -0.0730. The second-order valence-corrected chi connectivity index (χ2v) is 6.58. The molecule has 0 unspecified atom stereocenters. The van der Waals surface area contributed by atoms with Gasteiger partial charge in [-0.25, -0.2) is 9.78 Å². The molecule has 0 bridgehead atoms. The van der Waals surface area contributed by atoms with Crippen LogP contribution in [0.1, 0.15) is 31.4 Å². The number of imide groups is 1. The van der Waals surface area contributed by atoms with Gasteiger partial charge in [-0.05, 0) is 20.8 Å². The Morgan fingerprint density at radius 2 is 2.21 bits per heavy atom. The van der Waals surface area contributed by atoms with Gasteiger partial charge in [-0.1, -0.05) is 0 Å². The lowest BCUT2D eigenvalue weighted by Crippen LogP contribution is -2.49. The van der Waals surface area contributed by atoms with Gasteiger partial charge in [0.15, 0.2) is 0 Å². The van der Waals surface area contributed by atoms with Crippen LogP contribution in [-0.2, 0) is 14.3 Å². The van der Waals surface area contributed by atoms with Crippen LogP contribution >= 0.6 is 0 Å². The highest BCUT2D eigenvalue weighted by Gasteiger charge is 2.45. The Morgan fingerprint density at radius 1 is 1.46 bits per heavy atom. The standard InChI is InChI=1S/C15H21N5O4/c1-9-6-16-12(17-9)10-8-24-5-4-19(10)11(21)7-20-13(22)15(2,3)18-14(20)23/h6,10H,4-5,7-8H2,1-3H3,(H,16,17)(H,18,23)/t10-/m0/s1. The van der Waals surface area contributed by atoms with E-state index < -0.39 is 17.5 Å². The van der Waals surface area contributed by atoms with E-state index in [1.807, 2.05) is 6.92 Å².